The Bertz CT molecular complexity index is 470. The third kappa shape index (κ3) is 12.8. The van der Waals surface area contributed by atoms with E-state index in [2.05, 4.69) is 26.1 Å². The summed E-state index contributed by atoms with van der Waals surface area (Å²) in [5.74, 6) is -2.40. The number of carbonyl (C=O) groups is 5. The summed E-state index contributed by atoms with van der Waals surface area (Å²) in [5, 5.41) is 17.2. The summed E-state index contributed by atoms with van der Waals surface area (Å²) >= 11 is 0. The van der Waals surface area contributed by atoms with Gasteiger partial charge in [-0.25, -0.2) is 4.79 Å². The number of hydrogen-bond acceptors (Lipinski definition) is 7. The molecular weight excluding hydrogens is 328 g/mol. The molecule has 0 aromatic carbocycles. The fourth-order valence-electron chi connectivity index (χ4n) is 1.15. The van der Waals surface area contributed by atoms with Gasteiger partial charge in [0.25, 0.3) is 0 Å². The number of nitrogens with two attached hydrogens (primary N) is 1. The molecule has 8 N–H and O–H groups in total. The summed E-state index contributed by atoms with van der Waals surface area (Å²) in [5.41, 5.74) is 6.69. The van der Waals surface area contributed by atoms with E-state index in [1.54, 1.807) is 0 Å². The third-order valence-electron chi connectivity index (χ3n) is 2.17. The molecular formula is C11H20N6O7. The van der Waals surface area contributed by atoms with Gasteiger partial charge in [-0.3, -0.25) is 24.0 Å². The van der Waals surface area contributed by atoms with E-state index >= 15 is 0 Å². The van der Waals surface area contributed by atoms with Gasteiger partial charge in [0.05, 0.1) is 19.6 Å². The maximum atomic E-state index is 11.4. The predicted octanol–water partition coefficient (Wildman–Crippen LogP) is -4.39. The van der Waals surface area contributed by atoms with Crippen molar-refractivity contribution in [2.24, 2.45) is 5.73 Å². The Morgan fingerprint density at radius 1 is 0.792 bits per heavy atom. The SMILES string of the molecule is NCCNC(=O)CNC(=O)CNC(=O)CNC(=O)CONC(=O)O. The van der Waals surface area contributed by atoms with Crippen LogP contribution in [0, 0.1) is 0 Å². The zero-order valence-corrected chi connectivity index (χ0v) is 12.7. The molecule has 0 aromatic rings. The van der Waals surface area contributed by atoms with E-state index in [-0.39, 0.29) is 26.2 Å². The molecule has 0 radical (unpaired) electrons. The number of hydroxylamine groups is 1. The molecule has 0 saturated carbocycles. The Labute approximate surface area is 136 Å². The first-order chi connectivity index (χ1) is 11.3. The second-order valence-corrected chi connectivity index (χ2v) is 4.16. The molecule has 0 fully saturated rings. The van der Waals surface area contributed by atoms with Crippen molar-refractivity contribution in [3.8, 4) is 0 Å². The normalized spacial score (nSPS) is 9.54. The minimum absolute atomic E-state index is 0.251. The molecule has 0 aliphatic heterocycles. The van der Waals surface area contributed by atoms with Crippen LogP contribution < -0.4 is 32.5 Å². The number of hydrogen-bond donors (Lipinski definition) is 7. The first-order valence-corrected chi connectivity index (χ1v) is 6.72. The monoisotopic (exact) mass is 348 g/mol. The van der Waals surface area contributed by atoms with Crippen molar-refractivity contribution >= 4 is 29.7 Å². The van der Waals surface area contributed by atoms with Crippen LogP contribution in [0.25, 0.3) is 0 Å². The van der Waals surface area contributed by atoms with Crippen molar-refractivity contribution in [1.29, 1.82) is 0 Å². The number of nitrogens with one attached hydrogen (secondary N) is 5. The molecule has 0 aromatic heterocycles. The summed E-state index contributed by atoms with van der Waals surface area (Å²) in [7, 11) is 0. The van der Waals surface area contributed by atoms with Crippen molar-refractivity contribution in [1.82, 2.24) is 26.7 Å². The van der Waals surface area contributed by atoms with Crippen molar-refractivity contribution in [2.45, 2.75) is 0 Å². The fourth-order valence-corrected chi connectivity index (χ4v) is 1.15. The third-order valence-corrected chi connectivity index (χ3v) is 2.17. The van der Waals surface area contributed by atoms with Gasteiger partial charge in [0, 0.05) is 13.1 Å². The average Bonchev–Trinajstić information content (AvgIpc) is 2.53. The Morgan fingerprint density at radius 3 is 1.71 bits per heavy atom. The zero-order chi connectivity index (χ0) is 18.4. The first kappa shape index (κ1) is 21.1. The van der Waals surface area contributed by atoms with E-state index in [1.807, 2.05) is 0 Å². The average molecular weight is 348 g/mol. The topological polar surface area (TPSA) is 201 Å². The van der Waals surface area contributed by atoms with E-state index in [0.717, 1.165) is 0 Å². The van der Waals surface area contributed by atoms with Gasteiger partial charge in [-0.1, -0.05) is 0 Å². The minimum atomic E-state index is -1.47. The molecule has 0 spiro atoms. The molecule has 0 bridgehead atoms. The first-order valence-electron chi connectivity index (χ1n) is 6.72. The molecule has 13 heteroatoms. The van der Waals surface area contributed by atoms with Gasteiger partial charge in [0.2, 0.25) is 23.6 Å². The van der Waals surface area contributed by atoms with Crippen LogP contribution in [-0.2, 0) is 24.0 Å². The maximum Gasteiger partial charge on any atom is 0.428 e. The molecule has 0 rings (SSSR count). The minimum Gasteiger partial charge on any atom is -0.464 e. The highest BCUT2D eigenvalue weighted by molar-refractivity contribution is 5.90. The lowest BCUT2D eigenvalue weighted by atomic mass is 10.4. The second kappa shape index (κ2) is 12.6. The molecule has 5 amide bonds. The number of amides is 5. The highest BCUT2D eigenvalue weighted by Gasteiger charge is 2.09. The molecule has 0 heterocycles. The highest BCUT2D eigenvalue weighted by atomic mass is 16.7. The summed E-state index contributed by atoms with van der Waals surface area (Å²) in [4.78, 5) is 59.4. The van der Waals surface area contributed by atoms with Crippen LogP contribution in [0.1, 0.15) is 0 Å². The second-order valence-electron chi connectivity index (χ2n) is 4.16. The quantitative estimate of drug-likeness (QED) is 0.181. The number of carboxylic acid groups (broad SMARTS) is 1. The fraction of sp³-hybridized carbons (Fsp3) is 0.545. The standard InChI is InChI=1S/C11H20N6O7/c12-1-2-13-7(18)3-14-8(19)4-15-9(20)5-16-10(21)6-24-17-11(22)23/h17H,1-6,12H2,(H,13,18)(H,14,19)(H,15,20)(H,16,21)(H,22,23). The highest BCUT2D eigenvalue weighted by Crippen LogP contribution is 1.73. The van der Waals surface area contributed by atoms with Crippen LogP contribution >= 0.6 is 0 Å². The van der Waals surface area contributed by atoms with Gasteiger partial charge in [-0.05, 0) is 0 Å². The van der Waals surface area contributed by atoms with Crippen LogP contribution in [0.3, 0.4) is 0 Å². The van der Waals surface area contributed by atoms with Crippen molar-refractivity contribution in [3.63, 3.8) is 0 Å². The molecule has 136 valence electrons. The van der Waals surface area contributed by atoms with Crippen LogP contribution in [0.4, 0.5) is 4.79 Å². The molecule has 0 aliphatic carbocycles. The molecule has 0 aliphatic rings. The van der Waals surface area contributed by atoms with Crippen molar-refractivity contribution in [3.05, 3.63) is 0 Å². The predicted molar refractivity (Wildman–Crippen MR) is 78.2 cm³/mol. The van der Waals surface area contributed by atoms with Crippen LogP contribution in [0.5, 0.6) is 0 Å². The summed E-state index contributed by atoms with van der Waals surface area (Å²) in [6.45, 7) is -1.11. The largest absolute Gasteiger partial charge is 0.464 e. The van der Waals surface area contributed by atoms with Gasteiger partial charge in [0.1, 0.15) is 0 Å². The maximum absolute atomic E-state index is 11.4. The van der Waals surface area contributed by atoms with Gasteiger partial charge >= 0.3 is 6.09 Å². The van der Waals surface area contributed by atoms with Crippen molar-refractivity contribution in [2.75, 3.05) is 39.3 Å². The van der Waals surface area contributed by atoms with Gasteiger partial charge in [0.15, 0.2) is 6.61 Å². The van der Waals surface area contributed by atoms with Crippen LogP contribution in [0.15, 0.2) is 0 Å². The summed E-state index contributed by atoms with van der Waals surface area (Å²) in [6.07, 6.45) is -1.47. The van der Waals surface area contributed by atoms with Crippen LogP contribution in [-0.4, -0.2) is 74.2 Å². The lowest BCUT2D eigenvalue weighted by molar-refractivity contribution is -0.131. The van der Waals surface area contributed by atoms with Gasteiger partial charge in [-0.2, -0.15) is 5.48 Å². The molecule has 0 saturated heterocycles. The van der Waals surface area contributed by atoms with Crippen LogP contribution in [0.2, 0.25) is 0 Å². The van der Waals surface area contributed by atoms with Crippen molar-refractivity contribution < 1.29 is 33.9 Å². The Kier molecular flexibility index (Phi) is 11.1. The molecule has 13 nitrogen and oxygen atoms in total. The lowest BCUT2D eigenvalue weighted by Gasteiger charge is -2.08. The van der Waals surface area contributed by atoms with E-state index in [4.69, 9.17) is 10.8 Å². The van der Waals surface area contributed by atoms with E-state index < -0.39 is 42.9 Å². The molecule has 0 unspecified atom stereocenters. The van der Waals surface area contributed by atoms with Gasteiger partial charge in [-0.15, -0.1) is 0 Å². The smallest absolute Gasteiger partial charge is 0.428 e. The Morgan fingerprint density at radius 2 is 1.25 bits per heavy atom. The number of rotatable bonds is 11. The summed E-state index contributed by atoms with van der Waals surface area (Å²) < 4.78 is 0. The number of carbonyl (C=O) groups excluding carboxylic acids is 4. The Balaban J connectivity index is 3.73. The van der Waals surface area contributed by atoms with E-state index in [9.17, 15) is 24.0 Å². The lowest BCUT2D eigenvalue weighted by Crippen LogP contribution is -2.45. The Hall–Kier alpha value is -2.93. The molecule has 0 atom stereocenters. The van der Waals surface area contributed by atoms with E-state index in [1.165, 1.54) is 5.48 Å². The van der Waals surface area contributed by atoms with E-state index in [0.29, 0.717) is 0 Å². The zero-order valence-electron chi connectivity index (χ0n) is 12.7. The molecule has 24 heavy (non-hydrogen) atoms. The summed E-state index contributed by atoms with van der Waals surface area (Å²) in [6, 6.07) is 0. The van der Waals surface area contributed by atoms with Gasteiger partial charge < -0.3 is 32.1 Å².